The van der Waals surface area contributed by atoms with Crippen LogP contribution in [0.3, 0.4) is 0 Å². The lowest BCUT2D eigenvalue weighted by Crippen LogP contribution is -2.53. The standard InChI is InChI=1S/C14H16N2O5/c1-2-14(4-3-5-14)15-12(17)9-6-10(13(18)19)8-11(7-9)16(20)21/h6-8H,2-5H2,1H3,(H,15,17)(H,18,19). The van der Waals surface area contributed by atoms with Crippen LogP contribution in [0, 0.1) is 10.1 Å². The first-order chi connectivity index (χ1) is 9.87. The molecule has 0 saturated heterocycles. The molecular weight excluding hydrogens is 276 g/mol. The van der Waals surface area contributed by atoms with Gasteiger partial charge in [0, 0.05) is 23.2 Å². The Labute approximate surface area is 121 Å². The van der Waals surface area contributed by atoms with Crippen LogP contribution in [0.1, 0.15) is 53.3 Å². The molecule has 0 unspecified atom stereocenters. The van der Waals surface area contributed by atoms with Gasteiger partial charge in [0.1, 0.15) is 0 Å². The number of nitrogens with zero attached hydrogens (tertiary/aromatic N) is 1. The molecule has 1 fully saturated rings. The van der Waals surface area contributed by atoms with E-state index in [-0.39, 0.29) is 16.7 Å². The first-order valence-corrected chi connectivity index (χ1v) is 6.72. The highest BCUT2D eigenvalue weighted by atomic mass is 16.6. The van der Waals surface area contributed by atoms with Gasteiger partial charge in [0.05, 0.1) is 10.5 Å². The summed E-state index contributed by atoms with van der Waals surface area (Å²) in [4.78, 5) is 33.4. The minimum Gasteiger partial charge on any atom is -0.478 e. The third-order valence-electron chi connectivity index (χ3n) is 4.00. The highest BCUT2D eigenvalue weighted by molar-refractivity contribution is 5.98. The first-order valence-electron chi connectivity index (χ1n) is 6.72. The van der Waals surface area contributed by atoms with Gasteiger partial charge in [0.15, 0.2) is 0 Å². The van der Waals surface area contributed by atoms with E-state index in [0.29, 0.717) is 0 Å². The number of amides is 1. The average Bonchev–Trinajstić information content (AvgIpc) is 2.42. The van der Waals surface area contributed by atoms with Gasteiger partial charge in [-0.3, -0.25) is 14.9 Å². The molecule has 1 amide bonds. The maximum Gasteiger partial charge on any atom is 0.335 e. The SMILES string of the molecule is CCC1(NC(=O)c2cc(C(=O)O)cc([N+](=O)[O-])c2)CCC1. The molecule has 0 radical (unpaired) electrons. The van der Waals surface area contributed by atoms with E-state index in [2.05, 4.69) is 5.32 Å². The smallest absolute Gasteiger partial charge is 0.335 e. The lowest BCUT2D eigenvalue weighted by Gasteiger charge is -2.42. The Morgan fingerprint density at radius 2 is 1.95 bits per heavy atom. The zero-order valence-corrected chi connectivity index (χ0v) is 11.6. The van der Waals surface area contributed by atoms with Crippen LogP contribution in [-0.4, -0.2) is 27.4 Å². The van der Waals surface area contributed by atoms with Crippen molar-refractivity contribution in [1.29, 1.82) is 0 Å². The number of carbonyl (C=O) groups is 2. The number of carbonyl (C=O) groups excluding carboxylic acids is 1. The Bertz CT molecular complexity index is 570. The molecular formula is C14H16N2O5. The minimum atomic E-state index is -1.30. The van der Waals surface area contributed by atoms with E-state index in [9.17, 15) is 19.7 Å². The van der Waals surface area contributed by atoms with Crippen molar-refractivity contribution in [3.05, 3.63) is 39.4 Å². The third-order valence-corrected chi connectivity index (χ3v) is 4.00. The van der Waals surface area contributed by atoms with Gasteiger partial charge in [0.25, 0.3) is 11.6 Å². The van der Waals surface area contributed by atoms with Crippen LogP contribution in [0.5, 0.6) is 0 Å². The number of non-ortho nitro benzene ring substituents is 1. The summed E-state index contributed by atoms with van der Waals surface area (Å²) in [6, 6.07) is 3.20. The number of hydrogen-bond donors (Lipinski definition) is 2. The van der Waals surface area contributed by atoms with Crippen molar-refractivity contribution < 1.29 is 19.6 Å². The third kappa shape index (κ3) is 3.01. The van der Waals surface area contributed by atoms with Crippen LogP contribution < -0.4 is 5.32 Å². The molecule has 0 aromatic heterocycles. The zero-order chi connectivity index (χ0) is 15.6. The molecule has 1 aliphatic rings. The molecule has 1 aromatic rings. The summed E-state index contributed by atoms with van der Waals surface area (Å²) in [6.07, 6.45) is 3.55. The largest absolute Gasteiger partial charge is 0.478 e. The normalized spacial score (nSPS) is 15.9. The number of aromatic carboxylic acids is 1. The maximum atomic E-state index is 12.2. The van der Waals surface area contributed by atoms with Crippen molar-refractivity contribution in [2.45, 2.75) is 38.1 Å². The second-order valence-corrected chi connectivity index (χ2v) is 5.27. The van der Waals surface area contributed by atoms with Gasteiger partial charge in [-0.05, 0) is 31.7 Å². The van der Waals surface area contributed by atoms with E-state index in [1.165, 1.54) is 0 Å². The monoisotopic (exact) mass is 292 g/mol. The number of hydrogen-bond acceptors (Lipinski definition) is 4. The fraction of sp³-hybridized carbons (Fsp3) is 0.429. The first kappa shape index (κ1) is 15.0. The van der Waals surface area contributed by atoms with E-state index in [1.54, 1.807) is 0 Å². The van der Waals surface area contributed by atoms with Crippen LogP contribution >= 0.6 is 0 Å². The Morgan fingerprint density at radius 1 is 1.33 bits per heavy atom. The minimum absolute atomic E-state index is 0.00123. The summed E-state index contributed by atoms with van der Waals surface area (Å²) in [5.74, 6) is -1.77. The van der Waals surface area contributed by atoms with Crippen molar-refractivity contribution in [3.63, 3.8) is 0 Å². The molecule has 0 aliphatic heterocycles. The van der Waals surface area contributed by atoms with Crippen LogP contribution in [0.15, 0.2) is 18.2 Å². The number of nitrogens with one attached hydrogen (secondary N) is 1. The van der Waals surface area contributed by atoms with Crippen LogP contribution in [-0.2, 0) is 0 Å². The molecule has 112 valence electrons. The topological polar surface area (TPSA) is 110 Å². The summed E-state index contributed by atoms with van der Waals surface area (Å²) in [5, 5.41) is 22.7. The second-order valence-electron chi connectivity index (χ2n) is 5.27. The van der Waals surface area contributed by atoms with Gasteiger partial charge in [0.2, 0.25) is 0 Å². The van der Waals surface area contributed by atoms with Gasteiger partial charge >= 0.3 is 5.97 Å². The van der Waals surface area contributed by atoms with Crippen molar-refractivity contribution in [3.8, 4) is 0 Å². The van der Waals surface area contributed by atoms with Gasteiger partial charge in [-0.1, -0.05) is 6.92 Å². The molecule has 21 heavy (non-hydrogen) atoms. The lowest BCUT2D eigenvalue weighted by molar-refractivity contribution is -0.384. The number of nitro groups is 1. The fourth-order valence-electron chi connectivity index (χ4n) is 2.45. The highest BCUT2D eigenvalue weighted by Gasteiger charge is 2.36. The number of benzene rings is 1. The quantitative estimate of drug-likeness (QED) is 0.639. The van der Waals surface area contributed by atoms with E-state index in [1.807, 2.05) is 6.92 Å². The summed E-state index contributed by atoms with van der Waals surface area (Å²) >= 11 is 0. The molecule has 0 spiro atoms. The summed E-state index contributed by atoms with van der Waals surface area (Å²) in [6.45, 7) is 1.97. The van der Waals surface area contributed by atoms with E-state index in [4.69, 9.17) is 5.11 Å². The van der Waals surface area contributed by atoms with Crippen molar-refractivity contribution in [2.75, 3.05) is 0 Å². The van der Waals surface area contributed by atoms with Crippen molar-refractivity contribution in [1.82, 2.24) is 5.32 Å². The number of rotatable bonds is 5. The van der Waals surface area contributed by atoms with Crippen LogP contribution in [0.2, 0.25) is 0 Å². The van der Waals surface area contributed by atoms with E-state index < -0.39 is 22.5 Å². The van der Waals surface area contributed by atoms with Gasteiger partial charge < -0.3 is 10.4 Å². The lowest BCUT2D eigenvalue weighted by atomic mass is 9.74. The molecule has 7 nitrogen and oxygen atoms in total. The molecule has 1 aliphatic carbocycles. The molecule has 7 heteroatoms. The fourth-order valence-corrected chi connectivity index (χ4v) is 2.45. The van der Waals surface area contributed by atoms with Crippen molar-refractivity contribution >= 4 is 17.6 Å². The van der Waals surface area contributed by atoms with Crippen molar-refractivity contribution in [2.24, 2.45) is 0 Å². The maximum absolute atomic E-state index is 12.2. The van der Waals surface area contributed by atoms with Gasteiger partial charge in [-0.15, -0.1) is 0 Å². The van der Waals surface area contributed by atoms with Gasteiger partial charge in [-0.25, -0.2) is 4.79 Å². The molecule has 1 aromatic carbocycles. The predicted molar refractivity (Wildman–Crippen MR) is 74.4 cm³/mol. The molecule has 0 heterocycles. The number of carboxylic acid groups (broad SMARTS) is 1. The van der Waals surface area contributed by atoms with Crippen LogP contribution in [0.25, 0.3) is 0 Å². The zero-order valence-electron chi connectivity index (χ0n) is 11.6. The summed E-state index contributed by atoms with van der Waals surface area (Å²) in [5.41, 5.74) is -0.931. The molecule has 2 N–H and O–H groups in total. The van der Waals surface area contributed by atoms with E-state index in [0.717, 1.165) is 43.9 Å². The highest BCUT2D eigenvalue weighted by Crippen LogP contribution is 2.35. The Balaban J connectivity index is 2.31. The molecule has 2 rings (SSSR count). The summed E-state index contributed by atoms with van der Waals surface area (Å²) in [7, 11) is 0. The molecule has 0 bridgehead atoms. The average molecular weight is 292 g/mol. The van der Waals surface area contributed by atoms with E-state index >= 15 is 0 Å². The Hall–Kier alpha value is -2.44. The number of nitro benzene ring substituents is 1. The molecule has 0 atom stereocenters. The summed E-state index contributed by atoms with van der Waals surface area (Å²) < 4.78 is 0. The second kappa shape index (κ2) is 5.51. The Kier molecular flexibility index (Phi) is 3.93. The molecule has 1 saturated carbocycles. The predicted octanol–water partition coefficient (Wildman–Crippen LogP) is 2.36. The number of carboxylic acids is 1. The van der Waals surface area contributed by atoms with Crippen LogP contribution in [0.4, 0.5) is 5.69 Å². The Morgan fingerprint density at radius 3 is 2.38 bits per heavy atom. The van der Waals surface area contributed by atoms with Gasteiger partial charge in [-0.2, -0.15) is 0 Å².